The lowest BCUT2D eigenvalue weighted by atomic mass is 10.0. The molecule has 2 aromatic heterocycles. The SMILES string of the molecule is COCCN1C(=S)NC(c2ccccn2)C1c1cccn1C. The Balaban J connectivity index is 1.99. The molecule has 1 N–H and O–H groups in total. The van der Waals surface area contributed by atoms with E-state index in [0.29, 0.717) is 6.61 Å². The number of nitrogens with zero attached hydrogens (tertiary/aromatic N) is 3. The van der Waals surface area contributed by atoms with E-state index in [4.69, 9.17) is 17.0 Å². The van der Waals surface area contributed by atoms with Crippen LogP contribution in [0.1, 0.15) is 23.5 Å². The van der Waals surface area contributed by atoms with Gasteiger partial charge < -0.3 is 19.5 Å². The van der Waals surface area contributed by atoms with Crippen molar-refractivity contribution in [1.29, 1.82) is 0 Å². The third kappa shape index (κ3) is 2.71. The van der Waals surface area contributed by atoms with Crippen molar-refractivity contribution >= 4 is 17.3 Å². The average molecular weight is 316 g/mol. The highest BCUT2D eigenvalue weighted by molar-refractivity contribution is 7.80. The molecule has 3 heterocycles. The Kier molecular flexibility index (Phi) is 4.40. The quantitative estimate of drug-likeness (QED) is 0.855. The van der Waals surface area contributed by atoms with Gasteiger partial charge in [0.05, 0.1) is 24.4 Å². The Hall–Kier alpha value is -1.92. The molecule has 1 fully saturated rings. The van der Waals surface area contributed by atoms with E-state index >= 15 is 0 Å². The monoisotopic (exact) mass is 316 g/mol. The summed E-state index contributed by atoms with van der Waals surface area (Å²) < 4.78 is 7.37. The molecule has 22 heavy (non-hydrogen) atoms. The first-order chi connectivity index (χ1) is 10.7. The molecule has 0 saturated carbocycles. The maximum absolute atomic E-state index is 5.55. The number of nitrogens with one attached hydrogen (secondary N) is 1. The molecule has 1 saturated heterocycles. The molecule has 2 aromatic rings. The van der Waals surface area contributed by atoms with E-state index < -0.39 is 0 Å². The molecule has 0 spiro atoms. The molecule has 3 rings (SSSR count). The molecule has 0 bridgehead atoms. The first kappa shape index (κ1) is 15.0. The zero-order valence-corrected chi connectivity index (χ0v) is 13.6. The van der Waals surface area contributed by atoms with Gasteiger partial charge in [-0.2, -0.15) is 0 Å². The summed E-state index contributed by atoms with van der Waals surface area (Å²) in [6, 6.07) is 10.3. The third-order valence-corrected chi connectivity index (χ3v) is 4.37. The largest absolute Gasteiger partial charge is 0.383 e. The highest BCUT2D eigenvalue weighted by atomic mass is 32.1. The van der Waals surface area contributed by atoms with Crippen molar-refractivity contribution in [2.75, 3.05) is 20.3 Å². The predicted octanol–water partition coefficient (Wildman–Crippen LogP) is 2.04. The van der Waals surface area contributed by atoms with Crippen LogP contribution in [0.15, 0.2) is 42.7 Å². The second-order valence-corrected chi connectivity index (χ2v) is 5.74. The van der Waals surface area contributed by atoms with E-state index in [-0.39, 0.29) is 12.1 Å². The van der Waals surface area contributed by atoms with Crippen molar-refractivity contribution in [2.24, 2.45) is 7.05 Å². The Morgan fingerprint density at radius 2 is 2.18 bits per heavy atom. The molecule has 5 nitrogen and oxygen atoms in total. The molecule has 2 atom stereocenters. The van der Waals surface area contributed by atoms with Gasteiger partial charge in [0.15, 0.2) is 5.11 Å². The number of ether oxygens (including phenoxy) is 1. The Bertz CT molecular complexity index is 643. The minimum Gasteiger partial charge on any atom is -0.383 e. The normalized spacial score (nSPS) is 21.2. The van der Waals surface area contributed by atoms with Gasteiger partial charge in [0.2, 0.25) is 0 Å². The van der Waals surface area contributed by atoms with Crippen LogP contribution in [-0.2, 0) is 11.8 Å². The zero-order valence-electron chi connectivity index (χ0n) is 12.8. The van der Waals surface area contributed by atoms with Gasteiger partial charge in [-0.25, -0.2) is 0 Å². The zero-order chi connectivity index (χ0) is 15.5. The molecule has 0 radical (unpaired) electrons. The summed E-state index contributed by atoms with van der Waals surface area (Å²) in [5, 5.41) is 4.17. The van der Waals surface area contributed by atoms with E-state index in [1.165, 1.54) is 5.69 Å². The van der Waals surface area contributed by atoms with Gasteiger partial charge >= 0.3 is 0 Å². The molecule has 2 unspecified atom stereocenters. The van der Waals surface area contributed by atoms with Crippen LogP contribution in [0.5, 0.6) is 0 Å². The molecular weight excluding hydrogens is 296 g/mol. The van der Waals surface area contributed by atoms with Gasteiger partial charge in [-0.15, -0.1) is 0 Å². The van der Waals surface area contributed by atoms with Crippen LogP contribution in [0, 0.1) is 0 Å². The van der Waals surface area contributed by atoms with E-state index in [1.54, 1.807) is 7.11 Å². The lowest BCUT2D eigenvalue weighted by Crippen LogP contribution is -2.33. The van der Waals surface area contributed by atoms with Gasteiger partial charge in [-0.05, 0) is 36.5 Å². The van der Waals surface area contributed by atoms with Crippen molar-refractivity contribution in [1.82, 2.24) is 19.8 Å². The molecular formula is C16H20N4OS. The summed E-state index contributed by atoms with van der Waals surface area (Å²) in [4.78, 5) is 6.70. The number of methoxy groups -OCH3 is 1. The van der Waals surface area contributed by atoms with Crippen molar-refractivity contribution in [3.8, 4) is 0 Å². The molecule has 1 aliphatic rings. The second-order valence-electron chi connectivity index (χ2n) is 5.36. The molecule has 0 aromatic carbocycles. The van der Waals surface area contributed by atoms with Gasteiger partial charge in [-0.3, -0.25) is 4.98 Å². The summed E-state index contributed by atoms with van der Waals surface area (Å²) >= 11 is 5.55. The number of aromatic nitrogens is 2. The summed E-state index contributed by atoms with van der Waals surface area (Å²) in [5.41, 5.74) is 2.20. The topological polar surface area (TPSA) is 42.3 Å². The van der Waals surface area contributed by atoms with E-state index in [9.17, 15) is 0 Å². The Labute approximate surface area is 135 Å². The number of rotatable bonds is 5. The van der Waals surface area contributed by atoms with Crippen molar-refractivity contribution in [3.63, 3.8) is 0 Å². The summed E-state index contributed by atoms with van der Waals surface area (Å²) in [5.74, 6) is 0. The van der Waals surface area contributed by atoms with Gasteiger partial charge in [0.25, 0.3) is 0 Å². The molecule has 6 heteroatoms. The van der Waals surface area contributed by atoms with Crippen molar-refractivity contribution in [2.45, 2.75) is 12.1 Å². The minimum absolute atomic E-state index is 0.0409. The lowest BCUT2D eigenvalue weighted by Gasteiger charge is -2.28. The van der Waals surface area contributed by atoms with Crippen LogP contribution in [0.25, 0.3) is 0 Å². The van der Waals surface area contributed by atoms with Crippen LogP contribution in [0.4, 0.5) is 0 Å². The van der Waals surface area contributed by atoms with Crippen LogP contribution in [0.3, 0.4) is 0 Å². The first-order valence-electron chi connectivity index (χ1n) is 7.30. The maximum Gasteiger partial charge on any atom is 0.170 e. The molecule has 0 aliphatic carbocycles. The summed E-state index contributed by atoms with van der Waals surface area (Å²) in [6.07, 6.45) is 3.88. The fraction of sp³-hybridized carbons (Fsp3) is 0.375. The highest BCUT2D eigenvalue weighted by Crippen LogP contribution is 2.38. The standard InChI is InChI=1S/C16H20N4OS/c1-19-9-5-7-13(19)15-14(12-6-3-4-8-17-12)18-16(22)20(15)10-11-21-2/h3-9,14-15H,10-11H2,1-2H3,(H,18,22). The van der Waals surface area contributed by atoms with Crippen molar-refractivity contribution < 1.29 is 4.74 Å². The number of aryl methyl sites for hydroxylation is 1. The minimum atomic E-state index is 0.0409. The van der Waals surface area contributed by atoms with E-state index in [0.717, 1.165) is 17.4 Å². The average Bonchev–Trinajstić information content (AvgIpc) is 3.09. The second kappa shape index (κ2) is 6.46. The number of pyridine rings is 1. The highest BCUT2D eigenvalue weighted by Gasteiger charge is 2.40. The fourth-order valence-electron chi connectivity index (χ4n) is 2.94. The summed E-state index contributed by atoms with van der Waals surface area (Å²) in [7, 11) is 3.76. The van der Waals surface area contributed by atoms with Crippen LogP contribution < -0.4 is 5.32 Å². The summed E-state index contributed by atoms with van der Waals surface area (Å²) in [6.45, 7) is 1.39. The van der Waals surface area contributed by atoms with Gasteiger partial charge in [0.1, 0.15) is 0 Å². The molecule has 116 valence electrons. The van der Waals surface area contributed by atoms with Crippen LogP contribution in [-0.4, -0.2) is 39.8 Å². The van der Waals surface area contributed by atoms with Crippen LogP contribution >= 0.6 is 12.2 Å². The third-order valence-electron chi connectivity index (χ3n) is 4.02. The Morgan fingerprint density at radius 3 is 2.82 bits per heavy atom. The fourth-order valence-corrected chi connectivity index (χ4v) is 3.27. The molecule has 0 amide bonds. The maximum atomic E-state index is 5.55. The van der Waals surface area contributed by atoms with Gasteiger partial charge in [0, 0.05) is 38.8 Å². The smallest absolute Gasteiger partial charge is 0.170 e. The van der Waals surface area contributed by atoms with Crippen molar-refractivity contribution in [3.05, 3.63) is 54.1 Å². The Morgan fingerprint density at radius 1 is 1.32 bits per heavy atom. The van der Waals surface area contributed by atoms with E-state index in [1.807, 2.05) is 24.4 Å². The van der Waals surface area contributed by atoms with Gasteiger partial charge in [-0.1, -0.05) is 6.07 Å². The number of hydrogen-bond acceptors (Lipinski definition) is 3. The predicted molar refractivity (Wildman–Crippen MR) is 89.4 cm³/mol. The number of thiocarbonyl (C=S) groups is 1. The van der Waals surface area contributed by atoms with Crippen LogP contribution in [0.2, 0.25) is 0 Å². The number of hydrogen-bond donors (Lipinski definition) is 1. The first-order valence-corrected chi connectivity index (χ1v) is 7.71. The lowest BCUT2D eigenvalue weighted by molar-refractivity contribution is 0.162. The molecule has 1 aliphatic heterocycles. The van der Waals surface area contributed by atoms with E-state index in [2.05, 4.69) is 45.1 Å².